The summed E-state index contributed by atoms with van der Waals surface area (Å²) in [4.78, 5) is 7.48. The summed E-state index contributed by atoms with van der Waals surface area (Å²) in [6.45, 7) is 6.74. The molecule has 0 aromatic carbocycles. The standard InChI is InChI=1S/C10H21N3O/c1-2-14-12-10-4-8-13(9-5-10)7-3-6-11/h2-9,11H2,1H3. The van der Waals surface area contributed by atoms with E-state index in [0.717, 1.165) is 45.4 Å². The van der Waals surface area contributed by atoms with E-state index in [1.165, 1.54) is 5.71 Å². The topological polar surface area (TPSA) is 50.8 Å². The van der Waals surface area contributed by atoms with Crippen molar-refractivity contribution < 1.29 is 4.84 Å². The highest BCUT2D eigenvalue weighted by Crippen LogP contribution is 2.07. The first-order chi connectivity index (χ1) is 6.86. The van der Waals surface area contributed by atoms with E-state index in [2.05, 4.69) is 10.1 Å². The van der Waals surface area contributed by atoms with Gasteiger partial charge in [-0.1, -0.05) is 5.16 Å². The summed E-state index contributed by atoms with van der Waals surface area (Å²) in [6, 6.07) is 0. The zero-order chi connectivity index (χ0) is 10.2. The highest BCUT2D eigenvalue weighted by atomic mass is 16.6. The van der Waals surface area contributed by atoms with Gasteiger partial charge in [0.15, 0.2) is 0 Å². The van der Waals surface area contributed by atoms with Crippen LogP contribution in [0.3, 0.4) is 0 Å². The number of nitrogens with zero attached hydrogens (tertiary/aromatic N) is 2. The SMILES string of the molecule is CCON=C1CCN(CCCN)CC1. The Labute approximate surface area is 86.1 Å². The average molecular weight is 199 g/mol. The van der Waals surface area contributed by atoms with Crippen molar-refractivity contribution in [3.63, 3.8) is 0 Å². The third-order valence-electron chi connectivity index (χ3n) is 2.43. The molecule has 0 atom stereocenters. The summed E-state index contributed by atoms with van der Waals surface area (Å²) in [5.41, 5.74) is 6.67. The van der Waals surface area contributed by atoms with Crippen LogP contribution in [-0.2, 0) is 4.84 Å². The Hall–Kier alpha value is -0.610. The van der Waals surface area contributed by atoms with Gasteiger partial charge in [-0.3, -0.25) is 0 Å². The zero-order valence-electron chi connectivity index (χ0n) is 9.04. The molecule has 0 saturated carbocycles. The van der Waals surface area contributed by atoms with Crippen LogP contribution in [0.4, 0.5) is 0 Å². The fourth-order valence-electron chi connectivity index (χ4n) is 1.60. The Morgan fingerprint density at radius 2 is 2.14 bits per heavy atom. The summed E-state index contributed by atoms with van der Waals surface area (Å²) in [5, 5.41) is 4.08. The van der Waals surface area contributed by atoms with Crippen molar-refractivity contribution in [3.8, 4) is 0 Å². The largest absolute Gasteiger partial charge is 0.396 e. The smallest absolute Gasteiger partial charge is 0.114 e. The fraction of sp³-hybridized carbons (Fsp3) is 0.900. The minimum atomic E-state index is 0.667. The predicted molar refractivity (Wildman–Crippen MR) is 58.4 cm³/mol. The number of hydrogen-bond acceptors (Lipinski definition) is 4. The molecule has 82 valence electrons. The van der Waals surface area contributed by atoms with Crippen LogP contribution < -0.4 is 5.73 Å². The van der Waals surface area contributed by atoms with Crippen molar-refractivity contribution >= 4 is 5.71 Å². The third-order valence-corrected chi connectivity index (χ3v) is 2.43. The Balaban J connectivity index is 2.17. The lowest BCUT2D eigenvalue weighted by Gasteiger charge is -2.26. The summed E-state index contributed by atoms with van der Waals surface area (Å²) in [6.07, 6.45) is 3.19. The number of likely N-dealkylation sites (tertiary alicyclic amines) is 1. The van der Waals surface area contributed by atoms with Crippen LogP contribution in [0.5, 0.6) is 0 Å². The Morgan fingerprint density at radius 3 is 2.71 bits per heavy atom. The molecular formula is C10H21N3O. The molecule has 1 rings (SSSR count). The van der Waals surface area contributed by atoms with Gasteiger partial charge in [-0.25, -0.2) is 0 Å². The number of rotatable bonds is 5. The highest BCUT2D eigenvalue weighted by molar-refractivity contribution is 5.84. The second-order valence-corrected chi connectivity index (χ2v) is 3.56. The molecule has 0 spiro atoms. The van der Waals surface area contributed by atoms with Crippen LogP contribution in [0, 0.1) is 0 Å². The van der Waals surface area contributed by atoms with E-state index in [1.807, 2.05) is 6.92 Å². The van der Waals surface area contributed by atoms with Crippen LogP contribution >= 0.6 is 0 Å². The first kappa shape index (κ1) is 11.5. The molecule has 4 heteroatoms. The lowest BCUT2D eigenvalue weighted by molar-refractivity contribution is 0.154. The molecule has 2 N–H and O–H groups in total. The minimum absolute atomic E-state index is 0.667. The van der Waals surface area contributed by atoms with Gasteiger partial charge in [-0.15, -0.1) is 0 Å². The molecule has 0 aromatic rings. The molecule has 0 unspecified atom stereocenters. The number of hydrogen-bond donors (Lipinski definition) is 1. The quantitative estimate of drug-likeness (QED) is 0.667. The van der Waals surface area contributed by atoms with Crippen molar-refractivity contribution in [3.05, 3.63) is 0 Å². The molecule has 1 saturated heterocycles. The zero-order valence-corrected chi connectivity index (χ0v) is 9.04. The van der Waals surface area contributed by atoms with Crippen LogP contribution in [0.1, 0.15) is 26.2 Å². The second-order valence-electron chi connectivity index (χ2n) is 3.56. The van der Waals surface area contributed by atoms with E-state index in [-0.39, 0.29) is 0 Å². The maximum atomic E-state index is 5.47. The van der Waals surface area contributed by atoms with Gasteiger partial charge in [0.05, 0.1) is 5.71 Å². The van der Waals surface area contributed by atoms with E-state index in [4.69, 9.17) is 10.6 Å². The monoisotopic (exact) mass is 199 g/mol. The first-order valence-electron chi connectivity index (χ1n) is 5.47. The molecule has 1 fully saturated rings. The van der Waals surface area contributed by atoms with E-state index in [0.29, 0.717) is 6.61 Å². The van der Waals surface area contributed by atoms with Crippen molar-refractivity contribution in [2.24, 2.45) is 10.9 Å². The molecule has 4 nitrogen and oxygen atoms in total. The third kappa shape index (κ3) is 4.07. The van der Waals surface area contributed by atoms with Gasteiger partial charge in [0.25, 0.3) is 0 Å². The van der Waals surface area contributed by atoms with Gasteiger partial charge in [-0.2, -0.15) is 0 Å². The van der Waals surface area contributed by atoms with Gasteiger partial charge < -0.3 is 15.5 Å². The lowest BCUT2D eigenvalue weighted by Crippen LogP contribution is -2.35. The van der Waals surface area contributed by atoms with Crippen molar-refractivity contribution in [2.45, 2.75) is 26.2 Å². The van der Waals surface area contributed by atoms with Gasteiger partial charge in [0.1, 0.15) is 6.61 Å². The maximum absolute atomic E-state index is 5.47. The highest BCUT2D eigenvalue weighted by Gasteiger charge is 2.14. The Kier molecular flexibility index (Phi) is 5.56. The summed E-state index contributed by atoms with van der Waals surface area (Å²) in [7, 11) is 0. The molecule has 1 aliphatic heterocycles. The van der Waals surface area contributed by atoms with Crippen molar-refractivity contribution in [1.82, 2.24) is 4.90 Å². The van der Waals surface area contributed by atoms with Crippen LogP contribution in [0.15, 0.2) is 5.16 Å². The number of oxime groups is 1. The lowest BCUT2D eigenvalue weighted by atomic mass is 10.1. The molecule has 1 heterocycles. The second kappa shape index (κ2) is 6.79. The predicted octanol–water partition coefficient (Wildman–Crippen LogP) is 0.824. The van der Waals surface area contributed by atoms with Crippen LogP contribution in [-0.4, -0.2) is 43.4 Å². The normalized spacial score (nSPS) is 18.3. The van der Waals surface area contributed by atoms with E-state index < -0.39 is 0 Å². The van der Waals surface area contributed by atoms with Crippen LogP contribution in [0.2, 0.25) is 0 Å². The van der Waals surface area contributed by atoms with Crippen molar-refractivity contribution in [2.75, 3.05) is 32.8 Å². The average Bonchev–Trinajstić information content (AvgIpc) is 2.25. The summed E-state index contributed by atoms with van der Waals surface area (Å²) >= 11 is 0. The molecule has 0 amide bonds. The number of piperidine rings is 1. The summed E-state index contributed by atoms with van der Waals surface area (Å²) in [5.74, 6) is 0. The Morgan fingerprint density at radius 1 is 1.43 bits per heavy atom. The first-order valence-corrected chi connectivity index (χ1v) is 5.47. The fourth-order valence-corrected chi connectivity index (χ4v) is 1.60. The van der Waals surface area contributed by atoms with E-state index in [1.54, 1.807) is 0 Å². The van der Waals surface area contributed by atoms with E-state index in [9.17, 15) is 0 Å². The maximum Gasteiger partial charge on any atom is 0.114 e. The van der Waals surface area contributed by atoms with Gasteiger partial charge in [-0.05, 0) is 26.4 Å². The summed E-state index contributed by atoms with van der Waals surface area (Å²) < 4.78 is 0. The molecule has 0 aromatic heterocycles. The molecule has 0 bridgehead atoms. The van der Waals surface area contributed by atoms with Gasteiger partial charge in [0.2, 0.25) is 0 Å². The van der Waals surface area contributed by atoms with Gasteiger partial charge in [0, 0.05) is 25.9 Å². The molecule has 0 radical (unpaired) electrons. The van der Waals surface area contributed by atoms with Crippen molar-refractivity contribution in [1.29, 1.82) is 0 Å². The molecule has 0 aliphatic carbocycles. The van der Waals surface area contributed by atoms with Crippen LogP contribution in [0.25, 0.3) is 0 Å². The molecule has 14 heavy (non-hydrogen) atoms. The molecule has 1 aliphatic rings. The Bertz CT molecular complexity index is 172. The number of nitrogens with two attached hydrogens (primary N) is 1. The van der Waals surface area contributed by atoms with Gasteiger partial charge >= 0.3 is 0 Å². The minimum Gasteiger partial charge on any atom is -0.396 e. The molecular weight excluding hydrogens is 178 g/mol. The van der Waals surface area contributed by atoms with E-state index >= 15 is 0 Å².